The number of fused-ring (bicyclic) bond motifs is 1. The summed E-state index contributed by atoms with van der Waals surface area (Å²) in [6, 6.07) is 0. The highest BCUT2D eigenvalue weighted by Crippen LogP contribution is 2.39. The van der Waals surface area contributed by atoms with Crippen LogP contribution in [0.5, 0.6) is 0 Å². The summed E-state index contributed by atoms with van der Waals surface area (Å²) >= 11 is 0. The zero-order valence-corrected chi connectivity index (χ0v) is 11.5. The molecule has 1 unspecified atom stereocenters. The van der Waals surface area contributed by atoms with Crippen molar-refractivity contribution in [1.82, 2.24) is 0 Å². The zero-order chi connectivity index (χ0) is 13.0. The minimum absolute atomic E-state index is 0. The Morgan fingerprint density at radius 2 is 1.47 bits per heavy atom. The fourth-order valence-corrected chi connectivity index (χ4v) is 3.59. The molecule has 2 saturated carbocycles. The first-order valence-corrected chi connectivity index (χ1v) is 7.27. The second-order valence-electron chi connectivity index (χ2n) is 5.89. The molecule has 5 N–H and O–H groups in total. The highest BCUT2D eigenvalue weighted by Gasteiger charge is 2.38. The summed E-state index contributed by atoms with van der Waals surface area (Å²) in [7, 11) is 0. The molecule has 3 aliphatic rings. The molecule has 0 aromatic heterocycles. The average Bonchev–Trinajstić information content (AvgIpc) is 3.08. The molecule has 5 nitrogen and oxygen atoms in total. The normalized spacial score (nSPS) is 40.3. The van der Waals surface area contributed by atoms with Crippen LogP contribution in [0.3, 0.4) is 0 Å². The van der Waals surface area contributed by atoms with Crippen LogP contribution in [0.15, 0.2) is 0 Å². The summed E-state index contributed by atoms with van der Waals surface area (Å²) in [5.74, 6) is 1.93. The van der Waals surface area contributed by atoms with Crippen LogP contribution in [0.1, 0.15) is 38.5 Å². The monoisotopic (exact) mass is 276 g/mol. The van der Waals surface area contributed by atoms with Gasteiger partial charge in [-0.2, -0.15) is 0 Å². The summed E-state index contributed by atoms with van der Waals surface area (Å²) in [5.41, 5.74) is 0. The molecule has 0 radical (unpaired) electrons. The van der Waals surface area contributed by atoms with Crippen LogP contribution < -0.4 is 0 Å². The lowest BCUT2D eigenvalue weighted by Gasteiger charge is -2.12. The quantitative estimate of drug-likeness (QED) is 0.675. The molecule has 0 spiro atoms. The van der Waals surface area contributed by atoms with E-state index in [-0.39, 0.29) is 18.7 Å². The molecule has 0 aromatic rings. The van der Waals surface area contributed by atoms with E-state index in [0.717, 1.165) is 19.4 Å². The van der Waals surface area contributed by atoms with Gasteiger partial charge in [0.25, 0.3) is 0 Å². The molecular formula is C14H28O5. The van der Waals surface area contributed by atoms with E-state index in [1.165, 1.54) is 25.7 Å². The first-order chi connectivity index (χ1) is 8.76. The molecule has 0 aromatic carbocycles. The Morgan fingerprint density at radius 1 is 0.895 bits per heavy atom. The van der Waals surface area contributed by atoms with Gasteiger partial charge in [0.05, 0.1) is 6.61 Å². The Morgan fingerprint density at radius 3 is 2.00 bits per heavy atom. The second kappa shape index (κ2) is 8.17. The van der Waals surface area contributed by atoms with E-state index in [9.17, 15) is 5.11 Å². The molecule has 0 bridgehead atoms. The first-order valence-electron chi connectivity index (χ1n) is 7.27. The summed E-state index contributed by atoms with van der Waals surface area (Å²) in [4.78, 5) is 0. The Labute approximate surface area is 114 Å². The van der Waals surface area contributed by atoms with Crippen molar-refractivity contribution in [2.75, 3.05) is 19.8 Å². The largest absolute Gasteiger partial charge is 0.412 e. The van der Waals surface area contributed by atoms with Gasteiger partial charge in [-0.1, -0.05) is 12.8 Å². The van der Waals surface area contributed by atoms with Crippen LogP contribution >= 0.6 is 0 Å². The number of rotatable bonds is 2. The second-order valence-corrected chi connectivity index (χ2v) is 5.89. The minimum atomic E-state index is -0.433. The summed E-state index contributed by atoms with van der Waals surface area (Å²) in [6.07, 6.45) is 6.67. The van der Waals surface area contributed by atoms with Crippen molar-refractivity contribution in [3.05, 3.63) is 0 Å². The van der Waals surface area contributed by atoms with Crippen molar-refractivity contribution >= 4 is 0 Å². The van der Waals surface area contributed by atoms with Gasteiger partial charge in [-0.05, 0) is 43.4 Å². The van der Waals surface area contributed by atoms with Crippen molar-refractivity contribution in [2.24, 2.45) is 23.7 Å². The van der Waals surface area contributed by atoms with E-state index < -0.39 is 6.29 Å². The molecule has 1 saturated heterocycles. The van der Waals surface area contributed by atoms with E-state index in [1.54, 1.807) is 0 Å². The molecule has 3 rings (SSSR count). The molecule has 1 aliphatic heterocycles. The third-order valence-corrected chi connectivity index (χ3v) is 4.85. The maximum atomic E-state index is 9.18. The number of ether oxygens (including phenoxy) is 1. The van der Waals surface area contributed by atoms with Crippen molar-refractivity contribution in [3.8, 4) is 0 Å². The predicted octanol–water partition coefficient (Wildman–Crippen LogP) is 0.314. The van der Waals surface area contributed by atoms with Gasteiger partial charge in [0.1, 0.15) is 0 Å². The highest BCUT2D eigenvalue weighted by molar-refractivity contribution is 4.83. The Balaban J connectivity index is 0.000000180. The lowest BCUT2D eigenvalue weighted by Crippen LogP contribution is -2.15. The van der Waals surface area contributed by atoms with E-state index in [2.05, 4.69) is 0 Å². The van der Waals surface area contributed by atoms with E-state index >= 15 is 0 Å². The van der Waals surface area contributed by atoms with Gasteiger partial charge >= 0.3 is 0 Å². The molecule has 1 heterocycles. The molecular weight excluding hydrogens is 248 g/mol. The fourth-order valence-electron chi connectivity index (χ4n) is 3.59. The van der Waals surface area contributed by atoms with Crippen LogP contribution in [-0.4, -0.2) is 46.9 Å². The highest BCUT2D eigenvalue weighted by atomic mass is 16.6. The third-order valence-electron chi connectivity index (χ3n) is 4.85. The maximum Gasteiger partial charge on any atom is 0.157 e. The smallest absolute Gasteiger partial charge is 0.157 e. The molecule has 19 heavy (non-hydrogen) atoms. The van der Waals surface area contributed by atoms with E-state index in [1.807, 2.05) is 0 Å². The number of aliphatic hydroxyl groups is 3. The Kier molecular flexibility index (Phi) is 7.25. The summed E-state index contributed by atoms with van der Waals surface area (Å²) in [6.45, 7) is 1.31. The van der Waals surface area contributed by atoms with Crippen molar-refractivity contribution in [1.29, 1.82) is 0 Å². The van der Waals surface area contributed by atoms with Gasteiger partial charge < -0.3 is 25.5 Å². The van der Waals surface area contributed by atoms with Gasteiger partial charge in [0.15, 0.2) is 6.29 Å². The predicted molar refractivity (Wildman–Crippen MR) is 71.4 cm³/mol. The standard InChI is InChI=1S/C7H12O2.C7H14O2.H2O/c8-7-6-3-1-2-5(6)4-9-7;8-4-6-2-1-3-7(6)5-9;/h5-8H,1-4H2;6-9H,1-5H2;1H2/t5-,6-,7?;6-,7+;/m1../s1. The van der Waals surface area contributed by atoms with E-state index in [0.29, 0.717) is 23.7 Å². The topological polar surface area (TPSA) is 101 Å². The molecule has 5 heteroatoms. The van der Waals surface area contributed by atoms with Crippen molar-refractivity contribution in [2.45, 2.75) is 44.8 Å². The number of hydrogen-bond donors (Lipinski definition) is 3. The molecule has 5 atom stereocenters. The Hall–Kier alpha value is -0.200. The maximum absolute atomic E-state index is 9.18. The van der Waals surface area contributed by atoms with Crippen molar-refractivity contribution < 1.29 is 25.5 Å². The van der Waals surface area contributed by atoms with Gasteiger partial charge in [0.2, 0.25) is 0 Å². The van der Waals surface area contributed by atoms with Crippen LogP contribution in [0, 0.1) is 23.7 Å². The van der Waals surface area contributed by atoms with E-state index in [4.69, 9.17) is 14.9 Å². The van der Waals surface area contributed by atoms with Gasteiger partial charge in [-0.3, -0.25) is 0 Å². The van der Waals surface area contributed by atoms with Gasteiger partial charge in [-0.25, -0.2) is 0 Å². The molecule has 3 fully saturated rings. The minimum Gasteiger partial charge on any atom is -0.412 e. The summed E-state index contributed by atoms with van der Waals surface area (Å²) < 4.78 is 5.08. The lowest BCUT2D eigenvalue weighted by atomic mass is 9.98. The number of hydrogen-bond acceptors (Lipinski definition) is 4. The molecule has 0 amide bonds. The van der Waals surface area contributed by atoms with Gasteiger partial charge in [0, 0.05) is 19.1 Å². The van der Waals surface area contributed by atoms with Gasteiger partial charge in [-0.15, -0.1) is 0 Å². The molecule has 2 aliphatic carbocycles. The van der Waals surface area contributed by atoms with Crippen LogP contribution in [0.25, 0.3) is 0 Å². The fraction of sp³-hybridized carbons (Fsp3) is 1.00. The van der Waals surface area contributed by atoms with Crippen LogP contribution in [-0.2, 0) is 4.74 Å². The Bertz CT molecular complexity index is 235. The lowest BCUT2D eigenvalue weighted by molar-refractivity contribution is -0.0829. The number of aliphatic hydroxyl groups excluding tert-OH is 3. The average molecular weight is 276 g/mol. The molecule has 114 valence electrons. The zero-order valence-electron chi connectivity index (χ0n) is 11.5. The first kappa shape index (κ1) is 16.9. The SMILES string of the molecule is O.OC1OC[C@H]2CCC[C@@H]12.OC[C@@H]1CCC[C@@H]1CO. The van der Waals surface area contributed by atoms with Crippen LogP contribution in [0.4, 0.5) is 0 Å². The van der Waals surface area contributed by atoms with Crippen LogP contribution in [0.2, 0.25) is 0 Å². The third kappa shape index (κ3) is 4.13. The summed E-state index contributed by atoms with van der Waals surface area (Å²) in [5, 5.41) is 26.7. The van der Waals surface area contributed by atoms with Crippen molar-refractivity contribution in [3.63, 3.8) is 0 Å².